The van der Waals surface area contributed by atoms with Crippen LogP contribution in [0, 0.1) is 10.1 Å². The van der Waals surface area contributed by atoms with E-state index >= 15 is 0 Å². The third-order valence-electron chi connectivity index (χ3n) is 4.31. The quantitative estimate of drug-likeness (QED) is 0.370. The molecule has 154 valence electrons. The van der Waals surface area contributed by atoms with Gasteiger partial charge in [0.1, 0.15) is 0 Å². The topological polar surface area (TPSA) is 80.3 Å². The molecule has 0 bridgehead atoms. The first-order valence-corrected chi connectivity index (χ1v) is 11.8. The van der Waals surface area contributed by atoms with Gasteiger partial charge in [0.15, 0.2) is 0 Å². The van der Waals surface area contributed by atoms with Crippen molar-refractivity contribution in [2.45, 2.75) is 0 Å². The number of ether oxygens (including phenoxy) is 1. The molecule has 1 aliphatic rings. The number of non-ortho nitro benzene ring substituents is 1. The van der Waals surface area contributed by atoms with Crippen LogP contribution >= 0.6 is 23.5 Å². The minimum absolute atomic E-state index is 0.0447. The number of rotatable bonds is 4. The zero-order chi connectivity index (χ0) is 20.3. The zero-order valence-electron chi connectivity index (χ0n) is 16.1. The van der Waals surface area contributed by atoms with Crippen LogP contribution in [0.1, 0.15) is 0 Å². The van der Waals surface area contributed by atoms with E-state index in [0.29, 0.717) is 5.69 Å². The molecule has 0 atom stereocenters. The summed E-state index contributed by atoms with van der Waals surface area (Å²) in [7, 11) is 0. The highest BCUT2D eigenvalue weighted by Crippen LogP contribution is 2.24. The predicted octanol–water partition coefficient (Wildman–Crippen LogP) is 5.31. The van der Waals surface area contributed by atoms with Gasteiger partial charge in [0, 0.05) is 53.9 Å². The van der Waals surface area contributed by atoms with Gasteiger partial charge in [-0.05, 0) is 36.4 Å². The molecule has 3 rings (SSSR count). The van der Waals surface area contributed by atoms with Crippen LogP contribution in [0.5, 0.6) is 0 Å². The van der Waals surface area contributed by atoms with Gasteiger partial charge in [0.25, 0.3) is 5.69 Å². The predicted molar refractivity (Wildman–Crippen MR) is 121 cm³/mol. The minimum Gasteiger partial charge on any atom is -0.380 e. The van der Waals surface area contributed by atoms with Crippen molar-refractivity contribution in [2.75, 3.05) is 54.2 Å². The van der Waals surface area contributed by atoms with Crippen molar-refractivity contribution in [3.63, 3.8) is 0 Å². The van der Waals surface area contributed by atoms with E-state index in [1.165, 1.54) is 17.8 Å². The molecule has 9 heteroatoms. The minimum atomic E-state index is -0.428. The summed E-state index contributed by atoms with van der Waals surface area (Å²) in [6, 6.07) is 14.1. The Morgan fingerprint density at radius 3 is 1.86 bits per heavy atom. The lowest BCUT2D eigenvalue weighted by Crippen LogP contribution is -2.29. The number of hydrogen-bond donors (Lipinski definition) is 0. The van der Waals surface area contributed by atoms with Gasteiger partial charge in [-0.1, -0.05) is 0 Å². The first-order valence-electron chi connectivity index (χ1n) is 9.47. The number of azo groups is 1. The Hall–Kier alpha value is -2.10. The Morgan fingerprint density at radius 1 is 0.828 bits per heavy atom. The molecular weight excluding hydrogens is 408 g/mol. The number of nitrogens with zero attached hydrogens (tertiary/aromatic N) is 4. The van der Waals surface area contributed by atoms with Crippen LogP contribution in [0.2, 0.25) is 0 Å². The highest BCUT2D eigenvalue weighted by Gasteiger charge is 2.08. The molecule has 1 saturated heterocycles. The number of nitro groups is 1. The molecule has 1 heterocycles. The average molecular weight is 433 g/mol. The van der Waals surface area contributed by atoms with Gasteiger partial charge in [-0.25, -0.2) is 0 Å². The Bertz CT molecular complexity index is 788. The molecule has 0 saturated carbocycles. The standard InChI is InChI=1S/C20H24N4O3S2/c25-24(26)20-7-3-18(4-8-20)22-21-17-1-5-19(6-2-17)23-9-13-28-15-11-27-12-16-29-14-10-23/h1-8H,9-16H2. The van der Waals surface area contributed by atoms with Gasteiger partial charge < -0.3 is 9.64 Å². The summed E-state index contributed by atoms with van der Waals surface area (Å²) in [5, 5.41) is 19.1. The van der Waals surface area contributed by atoms with Crippen molar-refractivity contribution >= 4 is 46.3 Å². The normalized spacial score (nSPS) is 16.9. The van der Waals surface area contributed by atoms with Gasteiger partial charge in [-0.15, -0.1) is 0 Å². The van der Waals surface area contributed by atoms with E-state index in [9.17, 15) is 10.1 Å². The van der Waals surface area contributed by atoms with Crippen LogP contribution in [0.15, 0.2) is 58.8 Å². The molecule has 2 aromatic carbocycles. The highest BCUT2D eigenvalue weighted by molar-refractivity contribution is 7.99. The Labute approximate surface area is 179 Å². The third-order valence-corrected chi connectivity index (χ3v) is 6.16. The van der Waals surface area contributed by atoms with Crippen molar-refractivity contribution < 1.29 is 9.66 Å². The molecule has 1 fully saturated rings. The second-order valence-electron chi connectivity index (χ2n) is 6.31. The lowest BCUT2D eigenvalue weighted by molar-refractivity contribution is -0.384. The molecule has 29 heavy (non-hydrogen) atoms. The van der Waals surface area contributed by atoms with E-state index in [1.54, 1.807) is 12.1 Å². The van der Waals surface area contributed by atoms with Crippen molar-refractivity contribution in [1.29, 1.82) is 0 Å². The van der Waals surface area contributed by atoms with Crippen LogP contribution in [0.25, 0.3) is 0 Å². The summed E-state index contributed by atoms with van der Waals surface area (Å²) in [5.74, 6) is 4.24. The van der Waals surface area contributed by atoms with Crippen LogP contribution in [0.3, 0.4) is 0 Å². The lowest BCUT2D eigenvalue weighted by atomic mass is 10.2. The van der Waals surface area contributed by atoms with Crippen LogP contribution in [-0.2, 0) is 4.74 Å². The molecule has 0 N–H and O–H groups in total. The van der Waals surface area contributed by atoms with E-state index in [1.807, 2.05) is 35.7 Å². The first kappa shape index (κ1) is 21.6. The zero-order valence-corrected chi connectivity index (χ0v) is 17.7. The molecule has 0 radical (unpaired) electrons. The summed E-state index contributed by atoms with van der Waals surface area (Å²) >= 11 is 3.86. The maximum absolute atomic E-state index is 10.7. The summed E-state index contributed by atoms with van der Waals surface area (Å²) in [5.41, 5.74) is 2.57. The van der Waals surface area contributed by atoms with Gasteiger partial charge in [0.05, 0.1) is 29.5 Å². The van der Waals surface area contributed by atoms with Crippen LogP contribution < -0.4 is 4.90 Å². The first-order chi connectivity index (χ1) is 14.2. The molecule has 0 unspecified atom stereocenters. The number of anilines is 1. The maximum atomic E-state index is 10.7. The Kier molecular flexibility index (Phi) is 8.79. The fourth-order valence-electron chi connectivity index (χ4n) is 2.75. The maximum Gasteiger partial charge on any atom is 0.269 e. The fraction of sp³-hybridized carbons (Fsp3) is 0.400. The molecule has 0 amide bonds. The molecule has 7 nitrogen and oxygen atoms in total. The third kappa shape index (κ3) is 7.34. The van der Waals surface area contributed by atoms with E-state index in [-0.39, 0.29) is 5.69 Å². The average Bonchev–Trinajstić information content (AvgIpc) is 2.73. The van der Waals surface area contributed by atoms with Crippen LogP contribution in [0.4, 0.5) is 22.7 Å². The lowest BCUT2D eigenvalue weighted by Gasteiger charge is -2.25. The number of nitro benzene ring substituents is 1. The van der Waals surface area contributed by atoms with Crippen molar-refractivity contribution in [3.05, 3.63) is 58.6 Å². The fourth-order valence-corrected chi connectivity index (χ4v) is 4.33. The number of hydrogen-bond acceptors (Lipinski definition) is 8. The van der Waals surface area contributed by atoms with Crippen molar-refractivity contribution in [3.8, 4) is 0 Å². The van der Waals surface area contributed by atoms with Crippen LogP contribution in [-0.4, -0.2) is 54.2 Å². The summed E-state index contributed by atoms with van der Waals surface area (Å²) in [4.78, 5) is 12.7. The summed E-state index contributed by atoms with van der Waals surface area (Å²) < 4.78 is 5.60. The molecule has 0 spiro atoms. The number of benzene rings is 2. The van der Waals surface area contributed by atoms with Crippen molar-refractivity contribution in [2.24, 2.45) is 10.2 Å². The second kappa shape index (κ2) is 11.8. The molecule has 0 aliphatic carbocycles. The second-order valence-corrected chi connectivity index (χ2v) is 8.76. The van der Waals surface area contributed by atoms with E-state index < -0.39 is 4.92 Å². The molecular formula is C20H24N4O3S2. The molecule has 0 aromatic heterocycles. The molecule has 1 aliphatic heterocycles. The summed E-state index contributed by atoms with van der Waals surface area (Å²) in [6.07, 6.45) is 0. The van der Waals surface area contributed by atoms with Gasteiger partial charge in [0.2, 0.25) is 0 Å². The monoisotopic (exact) mass is 432 g/mol. The molecule has 2 aromatic rings. The Balaban J connectivity index is 1.60. The van der Waals surface area contributed by atoms with Gasteiger partial charge in [-0.2, -0.15) is 33.8 Å². The SMILES string of the molecule is O=[N+]([O-])c1ccc(N=Nc2ccc(N3CCSCCOCCSCC3)cc2)cc1. The summed E-state index contributed by atoms with van der Waals surface area (Å²) in [6.45, 7) is 3.68. The number of thioether (sulfide) groups is 2. The highest BCUT2D eigenvalue weighted by atomic mass is 32.2. The van der Waals surface area contributed by atoms with E-state index in [2.05, 4.69) is 27.3 Å². The van der Waals surface area contributed by atoms with E-state index in [4.69, 9.17) is 4.74 Å². The Morgan fingerprint density at radius 2 is 1.34 bits per heavy atom. The van der Waals surface area contributed by atoms with Crippen molar-refractivity contribution in [1.82, 2.24) is 0 Å². The smallest absolute Gasteiger partial charge is 0.269 e. The van der Waals surface area contributed by atoms with Gasteiger partial charge in [-0.3, -0.25) is 10.1 Å². The largest absolute Gasteiger partial charge is 0.380 e. The van der Waals surface area contributed by atoms with Gasteiger partial charge >= 0.3 is 0 Å². The van der Waals surface area contributed by atoms with E-state index in [0.717, 1.165) is 55.0 Å².